The summed E-state index contributed by atoms with van der Waals surface area (Å²) in [5.41, 5.74) is 38.0. The zero-order valence-electron chi connectivity index (χ0n) is 57.7. The molecule has 96 heavy (non-hydrogen) atoms. The number of rotatable bonds is 0. The fraction of sp³-hybridized carbons (Fsp3) is 0.471. The number of benzene rings is 5. The molecule has 0 radical (unpaired) electrons. The number of H-pyrrole nitrogens is 2. The predicted molar refractivity (Wildman–Crippen MR) is 376 cm³/mol. The Morgan fingerprint density at radius 2 is 0.656 bits per heavy atom. The van der Waals surface area contributed by atoms with Gasteiger partial charge in [0.1, 0.15) is 22.1 Å². The van der Waals surface area contributed by atoms with Crippen molar-refractivity contribution in [2.24, 2.45) is 56.7 Å². The first kappa shape index (κ1) is 60.4. The summed E-state index contributed by atoms with van der Waals surface area (Å²) in [6.07, 6.45) is 24.2. The Morgan fingerprint density at radius 1 is 0.344 bits per heavy atom. The van der Waals surface area contributed by atoms with Gasteiger partial charge in [-0.25, -0.2) is 0 Å². The molecule has 22 rings (SSSR count). The van der Waals surface area contributed by atoms with Gasteiger partial charge in [0.25, 0.3) is 0 Å². The number of aromatic amines is 2. The smallest absolute Gasteiger partial charge is 0.161 e. The first-order chi connectivity index (χ1) is 46.0. The van der Waals surface area contributed by atoms with Crippen LogP contribution in [0.5, 0.6) is 0 Å². The van der Waals surface area contributed by atoms with E-state index in [0.717, 1.165) is 134 Å². The van der Waals surface area contributed by atoms with Gasteiger partial charge >= 0.3 is 0 Å². The number of hydrogen-bond acceptors (Lipinski definition) is 9. The second kappa shape index (κ2) is 20.7. The minimum absolute atomic E-state index is 0.207. The Balaban J connectivity index is 0.0000000876. The summed E-state index contributed by atoms with van der Waals surface area (Å²) < 4.78 is 0. The second-order valence-corrected chi connectivity index (χ2v) is 33.2. The zero-order valence-corrected chi connectivity index (χ0v) is 57.7. The lowest BCUT2D eigenvalue weighted by atomic mass is 9.71. The van der Waals surface area contributed by atoms with Gasteiger partial charge in [-0.15, -0.1) is 0 Å². The van der Waals surface area contributed by atoms with Gasteiger partial charge in [-0.2, -0.15) is 30.8 Å². The number of allylic oxidation sites excluding steroid dienone is 10. The molecule has 5 saturated carbocycles. The van der Waals surface area contributed by atoms with Gasteiger partial charge in [0.05, 0.1) is 0 Å². The van der Waals surface area contributed by atoms with Crippen molar-refractivity contribution in [3.8, 4) is 0 Å². The molecule has 10 atom stereocenters. The molecule has 0 aliphatic heterocycles. The van der Waals surface area contributed by atoms with Crippen molar-refractivity contribution in [1.29, 1.82) is 0 Å². The van der Waals surface area contributed by atoms with Gasteiger partial charge in [-0.3, -0.25) is 24.0 Å². The third-order valence-corrected chi connectivity index (χ3v) is 28.2. The van der Waals surface area contributed by atoms with Crippen molar-refractivity contribution in [1.82, 2.24) is 30.8 Å². The minimum Gasteiger partial charge on any atom is -0.295 e. The van der Waals surface area contributed by atoms with E-state index in [-0.39, 0.29) is 22.7 Å². The number of fused-ring (bicyclic) bond motifs is 19. The van der Waals surface area contributed by atoms with E-state index >= 15 is 0 Å². The average molecular weight is 1270 g/mol. The minimum atomic E-state index is 0.207. The van der Waals surface area contributed by atoms with E-state index in [0.29, 0.717) is 62.9 Å². The van der Waals surface area contributed by atoms with E-state index in [1.165, 1.54) is 155 Å². The highest BCUT2D eigenvalue weighted by Gasteiger charge is 2.58. The number of hydrogen-bond donors (Lipinski definition) is 2. The molecule has 15 aliphatic rings. The summed E-state index contributed by atoms with van der Waals surface area (Å²) >= 11 is 0. The third kappa shape index (κ3) is 8.39. The van der Waals surface area contributed by atoms with Crippen molar-refractivity contribution in [2.75, 3.05) is 0 Å². The van der Waals surface area contributed by atoms with Crippen LogP contribution in [0.3, 0.4) is 0 Å². The van der Waals surface area contributed by atoms with Crippen molar-refractivity contribution in [3.05, 3.63) is 178 Å². The maximum absolute atomic E-state index is 12.5. The van der Waals surface area contributed by atoms with Crippen LogP contribution in [0.15, 0.2) is 89.0 Å². The van der Waals surface area contributed by atoms with Crippen LogP contribution in [0.4, 0.5) is 0 Å². The first-order valence-electron chi connectivity index (χ1n) is 36.3. The summed E-state index contributed by atoms with van der Waals surface area (Å²) in [6.45, 7) is 21.3. The van der Waals surface area contributed by atoms with Crippen LogP contribution >= 0.6 is 0 Å². The molecule has 2 heterocycles. The Kier molecular flexibility index (Phi) is 13.0. The molecule has 2 N–H and O–H groups in total. The molecule has 0 saturated heterocycles. The van der Waals surface area contributed by atoms with Gasteiger partial charge in [0, 0.05) is 56.7 Å². The van der Waals surface area contributed by atoms with Crippen LogP contribution in [0.1, 0.15) is 213 Å². The number of carbonyl (C=O) groups excluding carboxylic acids is 5. The number of carbonyl (C=O) groups is 5. The molecule has 15 aliphatic carbocycles. The Labute approximate surface area is 563 Å². The van der Waals surface area contributed by atoms with Crippen molar-refractivity contribution in [3.63, 3.8) is 0 Å². The number of aromatic nitrogens is 6. The van der Waals surface area contributed by atoms with Crippen LogP contribution in [-0.2, 0) is 56.1 Å². The molecule has 488 valence electrons. The van der Waals surface area contributed by atoms with E-state index in [2.05, 4.69) is 135 Å². The van der Waals surface area contributed by atoms with Crippen molar-refractivity contribution in [2.45, 2.75) is 198 Å². The van der Waals surface area contributed by atoms with E-state index in [1.807, 2.05) is 32.1 Å². The lowest BCUT2D eigenvalue weighted by molar-refractivity contribution is -0.120. The first-order valence-corrected chi connectivity index (χ1v) is 36.3. The molecule has 2 aromatic heterocycles. The number of nitrogens with one attached hydrogen (secondary N) is 2. The number of nitrogens with zero attached hydrogens (tertiary/aromatic N) is 4. The number of ketones is 5. The summed E-state index contributed by atoms with van der Waals surface area (Å²) in [5.74, 6) is 3.47. The fourth-order valence-corrected chi connectivity index (χ4v) is 23.5. The van der Waals surface area contributed by atoms with Crippen LogP contribution in [0, 0.1) is 98.2 Å². The molecular formula is C85H88N6O5. The molecule has 11 nitrogen and oxygen atoms in total. The van der Waals surface area contributed by atoms with Crippen LogP contribution in [-0.4, -0.2) is 59.7 Å². The standard InChI is InChI=1S/2C18H20O.C17H18O.2C16H15N3O/c2*1-10-6-14-9-18-5-4-13(8-18)17(19)12(3)16(18)15(14)7-11(10)2;1-10-5-13-9-17-4-3-12(8-17)16(18)7-15(17)14(13)6-11(10)2;2*1-8-13-10-2-3-12-14(18-19-17-12)11(10)7-16(13)5-4-9(6-16)15(8)20/h2*6-7,13H,4-5,8-9H2,1-3H3;5-7,12H,3-4,8-9H2,1-2H3;2*2-3,9H,4-7H2,1H3,(H,17,18,19). The third-order valence-electron chi connectivity index (χ3n) is 28.2. The lowest BCUT2D eigenvalue weighted by Crippen LogP contribution is -2.26. The van der Waals surface area contributed by atoms with E-state index in [1.54, 1.807) is 0 Å². The quantitative estimate of drug-likeness (QED) is 0.150. The highest BCUT2D eigenvalue weighted by molar-refractivity contribution is 6.12. The summed E-state index contributed by atoms with van der Waals surface area (Å²) in [6, 6.07) is 22.3. The maximum Gasteiger partial charge on any atom is 0.161 e. The Hall–Kier alpha value is -8.05. The lowest BCUT2D eigenvalue weighted by Gasteiger charge is -2.31. The molecule has 11 heteroatoms. The van der Waals surface area contributed by atoms with Gasteiger partial charge in [-0.1, -0.05) is 48.5 Å². The number of aryl methyl sites for hydroxylation is 6. The van der Waals surface area contributed by atoms with Crippen molar-refractivity contribution < 1.29 is 24.0 Å². The second-order valence-electron chi connectivity index (χ2n) is 33.2. The van der Waals surface area contributed by atoms with Crippen LogP contribution in [0.25, 0.3) is 49.9 Å². The van der Waals surface area contributed by atoms with Crippen LogP contribution in [0.2, 0.25) is 0 Å². The van der Waals surface area contributed by atoms with E-state index in [4.69, 9.17) is 0 Å². The normalized spacial score (nSPS) is 31.5. The molecule has 10 bridgehead atoms. The predicted octanol–water partition coefficient (Wildman–Crippen LogP) is 16.9. The average Bonchev–Trinajstić information content (AvgIpc) is 1.58. The topological polar surface area (TPSA) is 168 Å². The van der Waals surface area contributed by atoms with E-state index in [9.17, 15) is 24.0 Å². The summed E-state index contributed by atoms with van der Waals surface area (Å²) in [5, 5.41) is 22.5. The SMILES string of the molecule is CC1=C2c3cc(C)c(C)cc3CC23CCC(C3)C1=O.CC1=C2c3cc(C)c(C)cc3CC23CCC(C3)C1=O.CC1=C2c3ccc4n[nH]nc4c3CC23CCC(C3)C1=O.CC1=C2c3ccc4n[nH]nc4c3CC23CCC(C3)C1=O.Cc1cc2c(cc1C)C1=CC(=O)C3CCC1(C2)C3. The Bertz CT molecular complexity index is 4720. The summed E-state index contributed by atoms with van der Waals surface area (Å²) in [7, 11) is 0. The van der Waals surface area contributed by atoms with Gasteiger partial charge < -0.3 is 0 Å². The Morgan fingerprint density at radius 3 is 1.06 bits per heavy atom. The zero-order chi connectivity index (χ0) is 66.2. The van der Waals surface area contributed by atoms with E-state index < -0.39 is 0 Å². The molecule has 5 fully saturated rings. The van der Waals surface area contributed by atoms with Gasteiger partial charge in [0.15, 0.2) is 28.9 Å². The fourth-order valence-electron chi connectivity index (χ4n) is 23.5. The highest BCUT2D eigenvalue weighted by atomic mass is 16.1. The largest absolute Gasteiger partial charge is 0.295 e. The van der Waals surface area contributed by atoms with Gasteiger partial charge in [-0.05, 0) is 355 Å². The maximum atomic E-state index is 12.5. The molecule has 7 aromatic rings. The molecule has 5 spiro atoms. The number of Topliss-reactive ketones (excluding diaryl/α,β-unsaturated/α-hetero) is 4. The molecular weight excluding hydrogens is 1180 g/mol. The van der Waals surface area contributed by atoms with Crippen molar-refractivity contribution >= 4 is 78.8 Å². The monoisotopic (exact) mass is 1270 g/mol. The highest BCUT2D eigenvalue weighted by Crippen LogP contribution is 2.67. The van der Waals surface area contributed by atoms with Crippen LogP contribution < -0.4 is 0 Å². The van der Waals surface area contributed by atoms with Gasteiger partial charge in [0.2, 0.25) is 0 Å². The molecule has 0 amide bonds. The molecule has 5 aromatic carbocycles. The summed E-state index contributed by atoms with van der Waals surface area (Å²) in [4.78, 5) is 61.8. The molecule has 10 unspecified atom stereocenters.